The fourth-order valence-electron chi connectivity index (χ4n) is 1.13. The Morgan fingerprint density at radius 1 is 1.69 bits per heavy atom. The van der Waals surface area contributed by atoms with Crippen LogP contribution in [0, 0.1) is 23.1 Å². The molecule has 0 saturated heterocycles. The molecule has 0 fully saturated rings. The van der Waals surface area contributed by atoms with Gasteiger partial charge in [0.2, 0.25) is 5.91 Å². The minimum Gasteiger partial charge on any atom is -0.383 e. The summed E-state index contributed by atoms with van der Waals surface area (Å²) in [7, 11) is 0. The molecular formula is C11H12FN3O. The number of nitriles is 1. The Hall–Kier alpha value is -2.09. The quantitative estimate of drug-likeness (QED) is 0.802. The van der Waals surface area contributed by atoms with Crippen LogP contribution in [0.5, 0.6) is 0 Å². The molecule has 0 aromatic heterocycles. The zero-order chi connectivity index (χ0) is 12.1. The van der Waals surface area contributed by atoms with E-state index >= 15 is 0 Å². The van der Waals surface area contributed by atoms with E-state index in [-0.39, 0.29) is 11.5 Å². The average molecular weight is 221 g/mol. The van der Waals surface area contributed by atoms with Crippen molar-refractivity contribution in [1.29, 1.82) is 5.26 Å². The van der Waals surface area contributed by atoms with Gasteiger partial charge in [0.1, 0.15) is 11.9 Å². The van der Waals surface area contributed by atoms with Gasteiger partial charge in [0.05, 0.1) is 17.2 Å². The summed E-state index contributed by atoms with van der Waals surface area (Å²) >= 11 is 0. The Balaban J connectivity index is 2.75. The molecule has 1 amide bonds. The number of amides is 1. The van der Waals surface area contributed by atoms with Gasteiger partial charge < -0.3 is 11.1 Å². The molecule has 1 rings (SSSR count). The third-order valence-corrected chi connectivity index (χ3v) is 2.19. The molecule has 1 aromatic carbocycles. The zero-order valence-corrected chi connectivity index (χ0v) is 8.83. The molecule has 0 heterocycles. The van der Waals surface area contributed by atoms with Gasteiger partial charge in [-0.1, -0.05) is 6.92 Å². The lowest BCUT2D eigenvalue weighted by atomic mass is 10.1. The van der Waals surface area contributed by atoms with Crippen LogP contribution < -0.4 is 11.1 Å². The van der Waals surface area contributed by atoms with Gasteiger partial charge in [0.15, 0.2) is 0 Å². The summed E-state index contributed by atoms with van der Waals surface area (Å²) in [5.41, 5.74) is 5.79. The molecule has 0 saturated carbocycles. The molecule has 84 valence electrons. The topological polar surface area (TPSA) is 78.9 Å². The van der Waals surface area contributed by atoms with E-state index in [2.05, 4.69) is 5.32 Å². The molecule has 4 nitrogen and oxygen atoms in total. The summed E-state index contributed by atoms with van der Waals surface area (Å²) in [6, 6.07) is 5.71. The van der Waals surface area contributed by atoms with Gasteiger partial charge in [0, 0.05) is 6.54 Å². The van der Waals surface area contributed by atoms with E-state index in [0.717, 1.165) is 6.07 Å². The van der Waals surface area contributed by atoms with E-state index in [1.165, 1.54) is 12.1 Å². The van der Waals surface area contributed by atoms with Crippen LogP contribution in [0.1, 0.15) is 12.5 Å². The van der Waals surface area contributed by atoms with E-state index < -0.39 is 11.7 Å². The van der Waals surface area contributed by atoms with Crippen LogP contribution in [0.25, 0.3) is 0 Å². The third-order valence-electron chi connectivity index (χ3n) is 2.19. The highest BCUT2D eigenvalue weighted by Crippen LogP contribution is 2.16. The molecule has 0 aliphatic rings. The minimum absolute atomic E-state index is 0.205. The first-order valence-electron chi connectivity index (χ1n) is 4.77. The monoisotopic (exact) mass is 221 g/mol. The van der Waals surface area contributed by atoms with Crippen LogP contribution in [-0.4, -0.2) is 12.5 Å². The van der Waals surface area contributed by atoms with Crippen molar-refractivity contribution >= 4 is 11.6 Å². The third kappa shape index (κ3) is 2.95. The van der Waals surface area contributed by atoms with Gasteiger partial charge >= 0.3 is 0 Å². The Morgan fingerprint density at radius 2 is 2.38 bits per heavy atom. The zero-order valence-electron chi connectivity index (χ0n) is 8.83. The van der Waals surface area contributed by atoms with Crippen LogP contribution in [0.2, 0.25) is 0 Å². The van der Waals surface area contributed by atoms with Crippen LogP contribution in [0.15, 0.2) is 18.2 Å². The van der Waals surface area contributed by atoms with E-state index in [1.54, 1.807) is 6.92 Å². The van der Waals surface area contributed by atoms with Gasteiger partial charge in [-0.15, -0.1) is 0 Å². The second kappa shape index (κ2) is 5.12. The van der Waals surface area contributed by atoms with Crippen molar-refractivity contribution in [3.63, 3.8) is 0 Å². The number of nitrogens with one attached hydrogen (secondary N) is 1. The Labute approximate surface area is 92.9 Å². The first-order valence-corrected chi connectivity index (χ1v) is 4.77. The van der Waals surface area contributed by atoms with Gasteiger partial charge in [-0.25, -0.2) is 4.39 Å². The van der Waals surface area contributed by atoms with Crippen molar-refractivity contribution in [3.05, 3.63) is 29.6 Å². The molecule has 0 aliphatic heterocycles. The number of halogens is 1. The summed E-state index contributed by atoms with van der Waals surface area (Å²) in [6.45, 7) is 1.99. The predicted octanol–water partition coefficient (Wildman–Crippen LogP) is 1.23. The second-order valence-electron chi connectivity index (χ2n) is 3.49. The Kier molecular flexibility index (Phi) is 3.84. The van der Waals surface area contributed by atoms with E-state index in [1.807, 2.05) is 6.07 Å². The standard InChI is InChI=1S/C11H12FN3O/c1-7(11(14)16)6-15-10-3-2-9(12)4-8(10)5-13/h2-4,7,15H,6H2,1H3,(H2,14,16). The molecular weight excluding hydrogens is 209 g/mol. The van der Waals surface area contributed by atoms with Crippen molar-refractivity contribution in [2.24, 2.45) is 11.7 Å². The van der Waals surface area contributed by atoms with Gasteiger partial charge in [-0.2, -0.15) is 5.26 Å². The van der Waals surface area contributed by atoms with Crippen LogP contribution in [0.4, 0.5) is 10.1 Å². The van der Waals surface area contributed by atoms with E-state index in [4.69, 9.17) is 11.0 Å². The molecule has 1 aromatic rings. The molecule has 16 heavy (non-hydrogen) atoms. The largest absolute Gasteiger partial charge is 0.383 e. The van der Waals surface area contributed by atoms with Crippen LogP contribution in [-0.2, 0) is 4.79 Å². The number of rotatable bonds is 4. The number of carbonyl (C=O) groups excluding carboxylic acids is 1. The highest BCUT2D eigenvalue weighted by atomic mass is 19.1. The fraction of sp³-hybridized carbons (Fsp3) is 0.273. The van der Waals surface area contributed by atoms with Gasteiger partial charge in [-0.3, -0.25) is 4.79 Å². The molecule has 0 spiro atoms. The summed E-state index contributed by atoms with van der Waals surface area (Å²) in [5, 5.41) is 11.7. The summed E-state index contributed by atoms with van der Waals surface area (Å²) in [5.74, 6) is -1.24. The van der Waals surface area contributed by atoms with Crippen LogP contribution in [0.3, 0.4) is 0 Å². The molecule has 3 N–H and O–H groups in total. The van der Waals surface area contributed by atoms with Crippen molar-refractivity contribution in [2.45, 2.75) is 6.92 Å². The van der Waals surface area contributed by atoms with Crippen molar-refractivity contribution < 1.29 is 9.18 Å². The number of hydrogen-bond donors (Lipinski definition) is 2. The summed E-state index contributed by atoms with van der Waals surface area (Å²) in [4.78, 5) is 10.8. The van der Waals surface area contributed by atoms with E-state index in [0.29, 0.717) is 12.2 Å². The lowest BCUT2D eigenvalue weighted by Gasteiger charge is -2.11. The predicted molar refractivity (Wildman–Crippen MR) is 58.0 cm³/mol. The molecule has 0 radical (unpaired) electrons. The average Bonchev–Trinajstić information content (AvgIpc) is 2.26. The normalized spacial score (nSPS) is 11.6. The molecule has 1 unspecified atom stereocenters. The van der Waals surface area contributed by atoms with E-state index in [9.17, 15) is 9.18 Å². The minimum atomic E-state index is -0.468. The number of nitrogens with zero attached hydrogens (tertiary/aromatic N) is 1. The number of anilines is 1. The van der Waals surface area contributed by atoms with Gasteiger partial charge in [0.25, 0.3) is 0 Å². The number of benzene rings is 1. The number of nitrogens with two attached hydrogens (primary N) is 1. The number of primary amides is 1. The van der Waals surface area contributed by atoms with Gasteiger partial charge in [-0.05, 0) is 18.2 Å². The SMILES string of the molecule is CC(CNc1ccc(F)cc1C#N)C(N)=O. The number of carbonyl (C=O) groups is 1. The summed E-state index contributed by atoms with van der Waals surface area (Å²) in [6.07, 6.45) is 0. The maximum atomic E-state index is 12.8. The second-order valence-corrected chi connectivity index (χ2v) is 3.49. The maximum absolute atomic E-state index is 12.8. The van der Waals surface area contributed by atoms with Crippen LogP contribution >= 0.6 is 0 Å². The smallest absolute Gasteiger partial charge is 0.222 e. The molecule has 5 heteroatoms. The lowest BCUT2D eigenvalue weighted by molar-refractivity contribution is -0.120. The lowest BCUT2D eigenvalue weighted by Crippen LogP contribution is -2.26. The molecule has 0 aliphatic carbocycles. The Bertz CT molecular complexity index is 439. The van der Waals surface area contributed by atoms with Crippen molar-refractivity contribution in [1.82, 2.24) is 0 Å². The summed E-state index contributed by atoms with van der Waals surface area (Å²) < 4.78 is 12.8. The first-order chi connectivity index (χ1) is 7.54. The van der Waals surface area contributed by atoms with Crippen molar-refractivity contribution in [3.8, 4) is 6.07 Å². The maximum Gasteiger partial charge on any atom is 0.222 e. The highest BCUT2D eigenvalue weighted by Gasteiger charge is 2.09. The fourth-order valence-corrected chi connectivity index (χ4v) is 1.13. The molecule has 0 bridgehead atoms. The Morgan fingerprint density at radius 3 is 2.94 bits per heavy atom. The first kappa shape index (κ1) is 12.0. The number of hydrogen-bond acceptors (Lipinski definition) is 3. The molecule has 1 atom stereocenters. The van der Waals surface area contributed by atoms with Crippen molar-refractivity contribution in [2.75, 3.05) is 11.9 Å². The highest BCUT2D eigenvalue weighted by molar-refractivity contribution is 5.77.